The maximum atomic E-state index is 12.5. The fourth-order valence-corrected chi connectivity index (χ4v) is 5.03. The van der Waals surface area contributed by atoms with Crippen LogP contribution in [0.2, 0.25) is 0 Å². The van der Waals surface area contributed by atoms with E-state index in [1.807, 2.05) is 11.3 Å². The second-order valence-corrected chi connectivity index (χ2v) is 7.93. The van der Waals surface area contributed by atoms with Crippen molar-refractivity contribution >= 4 is 17.2 Å². The predicted octanol–water partition coefficient (Wildman–Crippen LogP) is 2.48. The zero-order valence-electron chi connectivity index (χ0n) is 12.3. The van der Waals surface area contributed by atoms with E-state index in [0.717, 1.165) is 12.8 Å². The number of carbonyl (C=O) groups is 1. The van der Waals surface area contributed by atoms with E-state index in [-0.39, 0.29) is 23.9 Å². The summed E-state index contributed by atoms with van der Waals surface area (Å²) in [6.45, 7) is 4.21. The highest BCUT2D eigenvalue weighted by Gasteiger charge is 2.49. The number of carbonyl (C=O) groups excluding carboxylic acids is 1. The lowest BCUT2D eigenvalue weighted by Gasteiger charge is -2.28. The zero-order valence-corrected chi connectivity index (χ0v) is 13.1. The second-order valence-electron chi connectivity index (χ2n) is 6.56. The molecule has 2 aliphatic rings. The lowest BCUT2D eigenvalue weighted by molar-refractivity contribution is -0.127. The molecular weight excluding hydrogens is 268 g/mol. The highest BCUT2D eigenvalue weighted by Crippen LogP contribution is 2.47. The Kier molecular flexibility index (Phi) is 3.87. The molecule has 1 amide bonds. The fraction of sp³-hybridized carbons (Fsp3) is 0.688. The van der Waals surface area contributed by atoms with Crippen LogP contribution in [0.4, 0.5) is 0 Å². The van der Waals surface area contributed by atoms with Crippen molar-refractivity contribution in [2.45, 2.75) is 51.6 Å². The quantitative estimate of drug-likeness (QED) is 0.896. The summed E-state index contributed by atoms with van der Waals surface area (Å²) in [7, 11) is 0. The van der Waals surface area contributed by atoms with Gasteiger partial charge in [-0.05, 0) is 57.1 Å². The average Bonchev–Trinajstić information content (AvgIpc) is 3.05. The molecule has 2 bridgehead atoms. The molecule has 1 heterocycles. The summed E-state index contributed by atoms with van der Waals surface area (Å²) in [6.07, 6.45) is 4.49. The van der Waals surface area contributed by atoms with Crippen molar-refractivity contribution in [1.82, 2.24) is 5.32 Å². The topological polar surface area (TPSA) is 55.1 Å². The summed E-state index contributed by atoms with van der Waals surface area (Å²) < 4.78 is 0. The van der Waals surface area contributed by atoms with Crippen LogP contribution in [0.15, 0.2) is 12.1 Å². The van der Waals surface area contributed by atoms with Crippen LogP contribution in [-0.2, 0) is 11.2 Å². The fourth-order valence-electron chi connectivity index (χ4n) is 4.01. The van der Waals surface area contributed by atoms with Crippen LogP contribution in [0, 0.1) is 24.7 Å². The van der Waals surface area contributed by atoms with Crippen LogP contribution in [0.25, 0.3) is 0 Å². The van der Waals surface area contributed by atoms with Gasteiger partial charge in [-0.3, -0.25) is 4.79 Å². The van der Waals surface area contributed by atoms with Crippen LogP contribution in [0.1, 0.15) is 35.9 Å². The SMILES string of the molecule is Cc1ccc(CC(C)NC(=O)C2C3CCC(C3)C2N)s1. The minimum absolute atomic E-state index is 0.0567. The smallest absolute Gasteiger partial charge is 0.225 e. The average molecular weight is 292 g/mol. The van der Waals surface area contributed by atoms with E-state index in [2.05, 4.69) is 31.3 Å². The Morgan fingerprint density at radius 1 is 1.45 bits per heavy atom. The molecule has 0 spiro atoms. The Morgan fingerprint density at radius 2 is 2.20 bits per heavy atom. The Hall–Kier alpha value is -0.870. The van der Waals surface area contributed by atoms with Crippen molar-refractivity contribution in [3.8, 4) is 0 Å². The van der Waals surface area contributed by atoms with E-state index >= 15 is 0 Å². The largest absolute Gasteiger partial charge is 0.353 e. The molecule has 2 aliphatic carbocycles. The number of nitrogens with one attached hydrogen (secondary N) is 1. The Labute approximate surface area is 124 Å². The van der Waals surface area contributed by atoms with Gasteiger partial charge < -0.3 is 11.1 Å². The summed E-state index contributed by atoms with van der Waals surface area (Å²) in [4.78, 5) is 15.1. The number of nitrogens with two attached hydrogens (primary N) is 1. The lowest BCUT2D eigenvalue weighted by Crippen LogP contribution is -2.47. The van der Waals surface area contributed by atoms with Crippen molar-refractivity contribution in [2.75, 3.05) is 0 Å². The first kappa shape index (κ1) is 14.1. The van der Waals surface area contributed by atoms with Gasteiger partial charge >= 0.3 is 0 Å². The summed E-state index contributed by atoms with van der Waals surface area (Å²) >= 11 is 1.81. The molecule has 4 heteroatoms. The van der Waals surface area contributed by atoms with Gasteiger partial charge in [-0.25, -0.2) is 0 Å². The summed E-state index contributed by atoms with van der Waals surface area (Å²) in [5.41, 5.74) is 6.24. The minimum Gasteiger partial charge on any atom is -0.353 e. The maximum absolute atomic E-state index is 12.5. The second kappa shape index (κ2) is 5.49. The molecule has 2 fully saturated rings. The van der Waals surface area contributed by atoms with Crippen molar-refractivity contribution in [1.29, 1.82) is 0 Å². The van der Waals surface area contributed by atoms with E-state index in [1.54, 1.807) is 0 Å². The summed E-state index contributed by atoms with van der Waals surface area (Å²) in [5, 5.41) is 3.18. The van der Waals surface area contributed by atoms with Crippen LogP contribution in [-0.4, -0.2) is 18.0 Å². The third kappa shape index (κ3) is 2.63. The number of rotatable bonds is 4. The molecule has 20 heavy (non-hydrogen) atoms. The van der Waals surface area contributed by atoms with Gasteiger partial charge in [-0.1, -0.05) is 0 Å². The van der Waals surface area contributed by atoms with Gasteiger partial charge in [-0.15, -0.1) is 11.3 Å². The first-order valence-corrected chi connectivity index (χ1v) is 8.47. The lowest BCUT2D eigenvalue weighted by atomic mass is 9.84. The van der Waals surface area contributed by atoms with Crippen molar-refractivity contribution in [3.05, 3.63) is 21.9 Å². The number of thiophene rings is 1. The molecule has 2 saturated carbocycles. The van der Waals surface area contributed by atoms with Crippen LogP contribution in [0.3, 0.4) is 0 Å². The van der Waals surface area contributed by atoms with Crippen LogP contribution in [0.5, 0.6) is 0 Å². The third-order valence-corrected chi connectivity index (χ3v) is 6.00. The van der Waals surface area contributed by atoms with E-state index in [0.29, 0.717) is 11.8 Å². The Morgan fingerprint density at radius 3 is 2.80 bits per heavy atom. The molecule has 0 saturated heterocycles. The molecule has 0 aromatic carbocycles. The van der Waals surface area contributed by atoms with Crippen LogP contribution >= 0.6 is 11.3 Å². The van der Waals surface area contributed by atoms with Crippen molar-refractivity contribution in [3.63, 3.8) is 0 Å². The Balaban J connectivity index is 1.56. The monoisotopic (exact) mass is 292 g/mol. The van der Waals surface area contributed by atoms with E-state index < -0.39 is 0 Å². The molecule has 1 aromatic heterocycles. The van der Waals surface area contributed by atoms with Crippen molar-refractivity contribution in [2.24, 2.45) is 23.5 Å². The summed E-state index contributed by atoms with van der Waals surface area (Å²) in [5.74, 6) is 1.36. The van der Waals surface area contributed by atoms with Gasteiger partial charge in [0.25, 0.3) is 0 Å². The number of hydrogen-bond acceptors (Lipinski definition) is 3. The zero-order chi connectivity index (χ0) is 14.3. The normalized spacial score (nSPS) is 33.4. The van der Waals surface area contributed by atoms with Gasteiger partial charge in [0, 0.05) is 28.3 Å². The maximum Gasteiger partial charge on any atom is 0.225 e. The number of hydrogen-bond donors (Lipinski definition) is 2. The molecule has 1 aromatic rings. The first-order valence-electron chi connectivity index (χ1n) is 7.66. The van der Waals surface area contributed by atoms with E-state index in [9.17, 15) is 4.79 Å². The van der Waals surface area contributed by atoms with Crippen molar-refractivity contribution < 1.29 is 4.79 Å². The number of amides is 1. The molecule has 0 aliphatic heterocycles. The molecule has 3 N–H and O–H groups in total. The minimum atomic E-state index is 0.0567. The van der Waals surface area contributed by atoms with Gasteiger partial charge in [0.15, 0.2) is 0 Å². The highest BCUT2D eigenvalue weighted by molar-refractivity contribution is 7.11. The van der Waals surface area contributed by atoms with Gasteiger partial charge in [0.05, 0.1) is 5.92 Å². The molecule has 5 unspecified atom stereocenters. The highest BCUT2D eigenvalue weighted by atomic mass is 32.1. The molecule has 0 radical (unpaired) electrons. The number of aryl methyl sites for hydroxylation is 1. The first-order chi connectivity index (χ1) is 9.54. The Bertz CT molecular complexity index is 496. The summed E-state index contributed by atoms with van der Waals surface area (Å²) in [6, 6.07) is 4.57. The molecule has 3 rings (SSSR count). The standard InChI is InChI=1S/C16H24N2OS/c1-9(7-13-6-3-10(2)20-13)18-16(19)14-11-4-5-12(8-11)15(14)17/h3,6,9,11-12,14-15H,4-5,7-8,17H2,1-2H3,(H,18,19). The van der Waals surface area contributed by atoms with Crippen LogP contribution < -0.4 is 11.1 Å². The molecule has 3 nitrogen and oxygen atoms in total. The van der Waals surface area contributed by atoms with E-state index in [4.69, 9.17) is 5.73 Å². The number of fused-ring (bicyclic) bond motifs is 2. The van der Waals surface area contributed by atoms with Gasteiger partial charge in [0.1, 0.15) is 0 Å². The predicted molar refractivity (Wildman–Crippen MR) is 82.7 cm³/mol. The van der Waals surface area contributed by atoms with Gasteiger partial charge in [-0.2, -0.15) is 0 Å². The van der Waals surface area contributed by atoms with Gasteiger partial charge in [0.2, 0.25) is 5.91 Å². The third-order valence-electron chi connectivity index (χ3n) is 4.98. The molecular formula is C16H24N2OS. The molecule has 110 valence electrons. The molecule has 5 atom stereocenters. The van der Waals surface area contributed by atoms with E-state index in [1.165, 1.54) is 22.6 Å².